The Morgan fingerprint density at radius 2 is 2.00 bits per heavy atom. The van der Waals surface area contributed by atoms with Crippen molar-refractivity contribution in [3.05, 3.63) is 41.2 Å². The zero-order valence-corrected chi connectivity index (χ0v) is 12.3. The average Bonchev–Trinajstić information content (AvgIpc) is 2.71. The monoisotopic (exact) mass is 272 g/mol. The third-order valence-electron chi connectivity index (χ3n) is 3.30. The molecule has 0 saturated heterocycles. The van der Waals surface area contributed by atoms with E-state index in [4.69, 9.17) is 5.73 Å². The van der Waals surface area contributed by atoms with Crippen LogP contribution in [0.3, 0.4) is 0 Å². The second kappa shape index (κ2) is 5.36. The van der Waals surface area contributed by atoms with Crippen molar-refractivity contribution in [3.8, 4) is 0 Å². The first-order chi connectivity index (χ1) is 9.38. The number of hydrogen-bond donors (Lipinski definition) is 2. The summed E-state index contributed by atoms with van der Waals surface area (Å²) in [6.07, 6.45) is 0. The van der Waals surface area contributed by atoms with Crippen LogP contribution in [-0.4, -0.2) is 15.7 Å². The summed E-state index contributed by atoms with van der Waals surface area (Å²) in [7, 11) is 0. The number of nitrogen functional groups attached to an aromatic ring is 1. The van der Waals surface area contributed by atoms with Gasteiger partial charge in [0.2, 0.25) is 5.91 Å². The predicted molar refractivity (Wildman–Crippen MR) is 80.6 cm³/mol. The number of carbonyl (C=O) groups excluding carboxylic acids is 1. The minimum Gasteiger partial charge on any atom is -0.399 e. The number of anilines is 2. The lowest BCUT2D eigenvalue weighted by Gasteiger charge is -2.15. The molecule has 3 N–H and O–H groups in total. The molecule has 5 heteroatoms. The van der Waals surface area contributed by atoms with E-state index in [-0.39, 0.29) is 11.9 Å². The molecule has 2 aromatic rings. The maximum absolute atomic E-state index is 12.3. The summed E-state index contributed by atoms with van der Waals surface area (Å²) >= 11 is 0. The molecule has 0 radical (unpaired) electrons. The Kier molecular flexibility index (Phi) is 3.79. The Morgan fingerprint density at radius 3 is 2.55 bits per heavy atom. The molecule has 1 aromatic carbocycles. The minimum absolute atomic E-state index is 0.0935. The maximum atomic E-state index is 12.3. The molecule has 0 aliphatic heterocycles. The van der Waals surface area contributed by atoms with E-state index in [0.717, 1.165) is 22.6 Å². The largest absolute Gasteiger partial charge is 0.399 e. The number of carbonyl (C=O) groups is 1. The smallest absolute Gasteiger partial charge is 0.248 e. The summed E-state index contributed by atoms with van der Waals surface area (Å²) < 4.78 is 1.73. The third-order valence-corrected chi connectivity index (χ3v) is 3.30. The van der Waals surface area contributed by atoms with Crippen LogP contribution in [0, 0.1) is 20.8 Å². The summed E-state index contributed by atoms with van der Waals surface area (Å²) in [6.45, 7) is 7.61. The Balaban J connectivity index is 2.17. The maximum Gasteiger partial charge on any atom is 0.248 e. The van der Waals surface area contributed by atoms with Crippen LogP contribution >= 0.6 is 0 Å². The third kappa shape index (κ3) is 2.82. The lowest BCUT2D eigenvalue weighted by Crippen LogP contribution is -2.25. The van der Waals surface area contributed by atoms with Crippen LogP contribution in [0.1, 0.15) is 29.9 Å². The normalized spacial score (nSPS) is 12.2. The Hall–Kier alpha value is -2.30. The second-order valence-corrected chi connectivity index (χ2v) is 5.11. The highest BCUT2D eigenvalue weighted by Crippen LogP contribution is 2.19. The molecule has 0 spiro atoms. The van der Waals surface area contributed by atoms with E-state index in [1.807, 2.05) is 45.9 Å². The van der Waals surface area contributed by atoms with Gasteiger partial charge in [-0.15, -0.1) is 0 Å². The van der Waals surface area contributed by atoms with Crippen molar-refractivity contribution < 1.29 is 4.79 Å². The van der Waals surface area contributed by atoms with Gasteiger partial charge >= 0.3 is 0 Å². The van der Waals surface area contributed by atoms with Crippen LogP contribution in [-0.2, 0) is 4.79 Å². The first kappa shape index (κ1) is 14.1. The summed E-state index contributed by atoms with van der Waals surface area (Å²) in [4.78, 5) is 12.3. The van der Waals surface area contributed by atoms with E-state index in [1.165, 1.54) is 0 Å². The first-order valence-corrected chi connectivity index (χ1v) is 6.58. The van der Waals surface area contributed by atoms with Gasteiger partial charge in [-0.05, 0) is 57.5 Å². The molecule has 5 nitrogen and oxygen atoms in total. The van der Waals surface area contributed by atoms with Crippen molar-refractivity contribution in [2.45, 2.75) is 33.7 Å². The molecule has 1 unspecified atom stereocenters. The molecule has 1 heterocycles. The van der Waals surface area contributed by atoms with Crippen molar-refractivity contribution in [2.24, 2.45) is 0 Å². The van der Waals surface area contributed by atoms with Gasteiger partial charge in [0, 0.05) is 17.1 Å². The number of amides is 1. The van der Waals surface area contributed by atoms with Gasteiger partial charge in [-0.2, -0.15) is 5.10 Å². The van der Waals surface area contributed by atoms with E-state index in [0.29, 0.717) is 5.69 Å². The molecular formula is C15H20N4O. The fourth-order valence-electron chi connectivity index (χ4n) is 2.21. The quantitative estimate of drug-likeness (QED) is 0.843. The van der Waals surface area contributed by atoms with Crippen molar-refractivity contribution in [1.29, 1.82) is 0 Å². The molecular weight excluding hydrogens is 252 g/mol. The van der Waals surface area contributed by atoms with E-state index in [1.54, 1.807) is 10.7 Å². The van der Waals surface area contributed by atoms with Crippen molar-refractivity contribution in [1.82, 2.24) is 9.78 Å². The summed E-state index contributed by atoms with van der Waals surface area (Å²) in [5.74, 6) is -0.0935. The fourth-order valence-corrected chi connectivity index (χ4v) is 2.21. The van der Waals surface area contributed by atoms with E-state index < -0.39 is 0 Å². The Bertz CT molecular complexity index is 645. The number of rotatable bonds is 3. The molecule has 1 aromatic heterocycles. The van der Waals surface area contributed by atoms with Crippen molar-refractivity contribution in [3.63, 3.8) is 0 Å². The molecule has 1 atom stereocenters. The number of nitrogens with zero attached hydrogens (tertiary/aromatic N) is 2. The van der Waals surface area contributed by atoms with E-state index >= 15 is 0 Å². The molecule has 0 saturated carbocycles. The van der Waals surface area contributed by atoms with Gasteiger partial charge in [-0.1, -0.05) is 0 Å². The molecule has 20 heavy (non-hydrogen) atoms. The summed E-state index contributed by atoms with van der Waals surface area (Å²) in [6, 6.07) is 7.02. The highest BCUT2D eigenvalue weighted by Gasteiger charge is 2.18. The van der Waals surface area contributed by atoms with Crippen LogP contribution in [0.25, 0.3) is 0 Å². The van der Waals surface area contributed by atoms with Gasteiger partial charge in [0.1, 0.15) is 6.04 Å². The SMILES string of the molecule is Cc1cc(C)n(C(C)C(=O)Nc2ccc(N)cc2C)n1. The minimum atomic E-state index is -0.361. The van der Waals surface area contributed by atoms with Crippen LogP contribution < -0.4 is 11.1 Å². The number of hydrogen-bond acceptors (Lipinski definition) is 3. The Labute approximate surface area is 118 Å². The number of nitrogens with one attached hydrogen (secondary N) is 1. The van der Waals surface area contributed by atoms with Gasteiger partial charge < -0.3 is 11.1 Å². The molecule has 2 rings (SSSR count). The van der Waals surface area contributed by atoms with Gasteiger partial charge in [-0.25, -0.2) is 0 Å². The van der Waals surface area contributed by atoms with Crippen LogP contribution in [0.5, 0.6) is 0 Å². The predicted octanol–water partition coefficient (Wildman–Crippen LogP) is 2.59. The zero-order chi connectivity index (χ0) is 14.9. The first-order valence-electron chi connectivity index (χ1n) is 6.58. The number of aryl methyl sites for hydroxylation is 3. The molecule has 1 amide bonds. The summed E-state index contributed by atoms with van der Waals surface area (Å²) in [5.41, 5.74) is 9.99. The van der Waals surface area contributed by atoms with E-state index in [2.05, 4.69) is 10.4 Å². The molecule has 0 aliphatic carbocycles. The molecule has 0 aliphatic rings. The lowest BCUT2D eigenvalue weighted by atomic mass is 10.1. The molecule has 106 valence electrons. The zero-order valence-electron chi connectivity index (χ0n) is 12.3. The van der Waals surface area contributed by atoms with Gasteiger partial charge in [0.25, 0.3) is 0 Å². The van der Waals surface area contributed by atoms with Crippen LogP contribution in [0.2, 0.25) is 0 Å². The second-order valence-electron chi connectivity index (χ2n) is 5.11. The van der Waals surface area contributed by atoms with E-state index in [9.17, 15) is 4.79 Å². The standard InChI is InChI=1S/C15H20N4O/c1-9-7-13(16)5-6-14(9)17-15(20)12(4)19-11(3)8-10(2)18-19/h5-8,12H,16H2,1-4H3,(H,17,20). The van der Waals surface area contributed by atoms with Crippen LogP contribution in [0.4, 0.5) is 11.4 Å². The Morgan fingerprint density at radius 1 is 1.30 bits per heavy atom. The van der Waals surface area contributed by atoms with Gasteiger partial charge in [0.15, 0.2) is 0 Å². The molecule has 0 bridgehead atoms. The van der Waals surface area contributed by atoms with Gasteiger partial charge in [0.05, 0.1) is 5.69 Å². The van der Waals surface area contributed by atoms with Crippen molar-refractivity contribution >= 4 is 17.3 Å². The highest BCUT2D eigenvalue weighted by atomic mass is 16.2. The number of nitrogens with two attached hydrogens (primary N) is 1. The summed E-state index contributed by atoms with van der Waals surface area (Å²) in [5, 5.41) is 7.26. The number of aromatic nitrogens is 2. The highest BCUT2D eigenvalue weighted by molar-refractivity contribution is 5.94. The average molecular weight is 272 g/mol. The van der Waals surface area contributed by atoms with Crippen LogP contribution in [0.15, 0.2) is 24.3 Å². The van der Waals surface area contributed by atoms with Gasteiger partial charge in [-0.3, -0.25) is 9.48 Å². The topological polar surface area (TPSA) is 72.9 Å². The molecule has 0 fully saturated rings. The fraction of sp³-hybridized carbons (Fsp3) is 0.333. The lowest BCUT2D eigenvalue weighted by molar-refractivity contribution is -0.119. The number of benzene rings is 1. The van der Waals surface area contributed by atoms with Crippen molar-refractivity contribution in [2.75, 3.05) is 11.1 Å².